The highest BCUT2D eigenvalue weighted by Gasteiger charge is 2.69. The van der Waals surface area contributed by atoms with Gasteiger partial charge in [-0.15, -0.1) is 0 Å². The molecule has 7 aliphatic carbocycles. The first-order chi connectivity index (χ1) is 10.4. The molecule has 0 N–H and O–H groups in total. The van der Waals surface area contributed by atoms with Crippen LogP contribution in [0.15, 0.2) is 12.2 Å². The molecule has 0 heterocycles. The Morgan fingerprint density at radius 2 is 1.24 bits per heavy atom. The molecule has 0 spiro atoms. The fourth-order valence-corrected chi connectivity index (χ4v) is 10.0. The molecule has 0 amide bonds. The Morgan fingerprint density at radius 3 is 2.14 bits per heavy atom. The van der Waals surface area contributed by atoms with Crippen LogP contribution < -0.4 is 0 Å². The zero-order valence-corrected chi connectivity index (χ0v) is 13.0. The molecule has 21 heavy (non-hydrogen) atoms. The third-order valence-corrected chi connectivity index (χ3v) is 10.1. The first-order valence-corrected chi connectivity index (χ1v) is 10.1. The number of hydrogen-bond acceptors (Lipinski definition) is 0. The second-order valence-corrected chi connectivity index (χ2v) is 10.1. The molecule has 0 radical (unpaired) electrons. The minimum absolute atomic E-state index is 1.02. The van der Waals surface area contributed by atoms with Gasteiger partial charge in [-0.2, -0.15) is 0 Å². The minimum atomic E-state index is 1.02. The van der Waals surface area contributed by atoms with Crippen molar-refractivity contribution in [3.8, 4) is 0 Å². The average Bonchev–Trinajstić information content (AvgIpc) is 3.25. The third kappa shape index (κ3) is 1.11. The Kier molecular flexibility index (Phi) is 1.86. The first kappa shape index (κ1) is 11.3. The predicted molar refractivity (Wildman–Crippen MR) is 83.3 cm³/mol. The second kappa shape index (κ2) is 3.46. The zero-order valence-electron chi connectivity index (χ0n) is 13.0. The average molecular weight is 280 g/mol. The van der Waals surface area contributed by atoms with Crippen LogP contribution in [0.4, 0.5) is 0 Å². The molecule has 0 heteroatoms. The summed E-state index contributed by atoms with van der Waals surface area (Å²) in [6.45, 7) is 0. The van der Waals surface area contributed by atoms with Gasteiger partial charge in [0.2, 0.25) is 0 Å². The van der Waals surface area contributed by atoms with E-state index in [0.717, 1.165) is 23.7 Å². The predicted octanol–water partition coefficient (Wildman–Crippen LogP) is 4.76. The van der Waals surface area contributed by atoms with E-state index in [1.165, 1.54) is 47.3 Å². The van der Waals surface area contributed by atoms with Crippen LogP contribution in [0.3, 0.4) is 0 Å². The van der Waals surface area contributed by atoms with Crippen molar-refractivity contribution in [1.29, 1.82) is 0 Å². The fourth-order valence-electron chi connectivity index (χ4n) is 10.0. The molecule has 0 nitrogen and oxygen atoms in total. The lowest BCUT2D eigenvalue weighted by molar-refractivity contribution is -0.0187. The zero-order chi connectivity index (χ0) is 13.3. The highest BCUT2D eigenvalue weighted by Crippen LogP contribution is 2.75. The Hall–Kier alpha value is -0.260. The standard InChI is InChI=1S/C21H28/c1-2-10-7-15-13(3-1)14(10)8-17-16-9-18(21(15)17)20-12-5-4-11(6-12)19(16)20/h4-5,10-21H,1-3,6-9H2. The lowest BCUT2D eigenvalue weighted by Gasteiger charge is -2.50. The number of rotatable bonds is 0. The maximum atomic E-state index is 2.64. The van der Waals surface area contributed by atoms with E-state index in [0.29, 0.717) is 0 Å². The first-order valence-electron chi connectivity index (χ1n) is 10.1. The van der Waals surface area contributed by atoms with Gasteiger partial charge < -0.3 is 0 Å². The van der Waals surface area contributed by atoms with Gasteiger partial charge in [0.05, 0.1) is 0 Å². The summed E-state index contributed by atoms with van der Waals surface area (Å²) in [4.78, 5) is 0. The van der Waals surface area contributed by atoms with Crippen LogP contribution in [0.2, 0.25) is 0 Å². The summed E-state index contributed by atoms with van der Waals surface area (Å²) in [6.07, 6.45) is 16.6. The lowest BCUT2D eigenvalue weighted by atomic mass is 9.54. The molecule has 0 saturated heterocycles. The van der Waals surface area contributed by atoms with Crippen LogP contribution in [-0.4, -0.2) is 0 Å². The maximum Gasteiger partial charge on any atom is -0.0194 e. The molecule has 0 aromatic carbocycles. The summed E-state index contributed by atoms with van der Waals surface area (Å²) >= 11 is 0. The topological polar surface area (TPSA) is 0 Å². The van der Waals surface area contributed by atoms with Crippen LogP contribution in [0, 0.1) is 71.0 Å². The smallest absolute Gasteiger partial charge is 0.0194 e. The van der Waals surface area contributed by atoms with Gasteiger partial charge in [0.1, 0.15) is 0 Å². The summed E-state index contributed by atoms with van der Waals surface area (Å²) in [5.74, 6) is 13.9. The fraction of sp³-hybridized carbons (Fsp3) is 0.905. The van der Waals surface area contributed by atoms with Crippen molar-refractivity contribution in [3.05, 3.63) is 12.2 Å². The van der Waals surface area contributed by atoms with Crippen LogP contribution in [-0.2, 0) is 0 Å². The molecular formula is C21H28. The molecule has 112 valence electrons. The van der Waals surface area contributed by atoms with Crippen molar-refractivity contribution in [2.45, 2.75) is 44.9 Å². The summed E-state index contributed by atoms with van der Waals surface area (Å²) in [7, 11) is 0. The molecule has 7 rings (SSSR count). The molecule has 8 bridgehead atoms. The minimum Gasteiger partial charge on any atom is -0.0848 e. The summed E-state index contributed by atoms with van der Waals surface area (Å²) in [5.41, 5.74) is 0. The van der Waals surface area contributed by atoms with Gasteiger partial charge >= 0.3 is 0 Å². The SMILES string of the molecule is C1=CC2CC1C1C3CC(C4C5CC6CCCC5C6CC34)C21. The molecule has 12 atom stereocenters. The highest BCUT2D eigenvalue weighted by atomic mass is 14.7. The van der Waals surface area contributed by atoms with Gasteiger partial charge in [-0.05, 0) is 103 Å². The van der Waals surface area contributed by atoms with E-state index in [9.17, 15) is 0 Å². The molecule has 7 aliphatic rings. The Morgan fingerprint density at radius 1 is 0.524 bits per heavy atom. The molecule has 6 fully saturated rings. The normalized spacial score (nSPS) is 71.2. The Bertz CT molecular complexity index is 532. The Labute approximate surface area is 128 Å². The lowest BCUT2D eigenvalue weighted by Crippen LogP contribution is -2.45. The van der Waals surface area contributed by atoms with E-state index < -0.39 is 0 Å². The number of hydrogen-bond donors (Lipinski definition) is 0. The van der Waals surface area contributed by atoms with Gasteiger partial charge in [-0.25, -0.2) is 0 Å². The van der Waals surface area contributed by atoms with E-state index in [4.69, 9.17) is 0 Å². The second-order valence-electron chi connectivity index (χ2n) is 10.1. The summed E-state index contributed by atoms with van der Waals surface area (Å²) < 4.78 is 0. The van der Waals surface area contributed by atoms with Crippen LogP contribution >= 0.6 is 0 Å². The van der Waals surface area contributed by atoms with E-state index in [1.807, 2.05) is 0 Å². The highest BCUT2D eigenvalue weighted by molar-refractivity contribution is 5.24. The van der Waals surface area contributed by atoms with Crippen LogP contribution in [0.25, 0.3) is 0 Å². The van der Waals surface area contributed by atoms with E-state index in [1.54, 1.807) is 44.9 Å². The van der Waals surface area contributed by atoms with Gasteiger partial charge in [-0.1, -0.05) is 25.0 Å². The molecule has 12 unspecified atom stereocenters. The largest absolute Gasteiger partial charge is 0.0848 e. The molecule has 0 aliphatic heterocycles. The van der Waals surface area contributed by atoms with Gasteiger partial charge in [-0.3, -0.25) is 0 Å². The van der Waals surface area contributed by atoms with Crippen molar-refractivity contribution in [2.75, 3.05) is 0 Å². The number of allylic oxidation sites excluding steroid dienone is 2. The Balaban J connectivity index is 1.32. The molecular weight excluding hydrogens is 252 g/mol. The van der Waals surface area contributed by atoms with E-state index in [2.05, 4.69) is 12.2 Å². The van der Waals surface area contributed by atoms with E-state index in [-0.39, 0.29) is 0 Å². The van der Waals surface area contributed by atoms with Gasteiger partial charge in [0.15, 0.2) is 0 Å². The molecule has 0 aromatic rings. The van der Waals surface area contributed by atoms with Crippen molar-refractivity contribution < 1.29 is 0 Å². The van der Waals surface area contributed by atoms with Gasteiger partial charge in [0.25, 0.3) is 0 Å². The van der Waals surface area contributed by atoms with Crippen molar-refractivity contribution >= 4 is 0 Å². The summed E-state index contributed by atoms with van der Waals surface area (Å²) in [5, 5.41) is 0. The maximum absolute atomic E-state index is 2.64. The monoisotopic (exact) mass is 280 g/mol. The molecule has 0 aromatic heterocycles. The van der Waals surface area contributed by atoms with Crippen LogP contribution in [0.1, 0.15) is 44.9 Å². The molecule has 6 saturated carbocycles. The van der Waals surface area contributed by atoms with Crippen molar-refractivity contribution in [1.82, 2.24) is 0 Å². The number of fused-ring (bicyclic) bond motifs is 13. The van der Waals surface area contributed by atoms with Gasteiger partial charge in [0, 0.05) is 0 Å². The summed E-state index contributed by atoms with van der Waals surface area (Å²) in [6, 6.07) is 0. The van der Waals surface area contributed by atoms with E-state index >= 15 is 0 Å². The third-order valence-electron chi connectivity index (χ3n) is 10.1. The quantitative estimate of drug-likeness (QED) is 0.443. The van der Waals surface area contributed by atoms with Crippen molar-refractivity contribution in [2.24, 2.45) is 71.0 Å². The van der Waals surface area contributed by atoms with Crippen molar-refractivity contribution in [3.63, 3.8) is 0 Å². The van der Waals surface area contributed by atoms with Crippen LogP contribution in [0.5, 0.6) is 0 Å².